The molecule has 6 rings (SSSR count). The van der Waals surface area contributed by atoms with Crippen molar-refractivity contribution < 1.29 is 9.31 Å². The van der Waals surface area contributed by atoms with Gasteiger partial charge in [0.1, 0.15) is 0 Å². The van der Waals surface area contributed by atoms with Gasteiger partial charge in [0.2, 0.25) is 0 Å². The van der Waals surface area contributed by atoms with Gasteiger partial charge in [0.15, 0.2) is 0 Å². The first-order valence-corrected chi connectivity index (χ1v) is 12.6. The fourth-order valence-corrected chi connectivity index (χ4v) is 5.16. The molecule has 0 amide bonds. The molecule has 4 nitrogen and oxygen atoms in total. The maximum absolute atomic E-state index is 6.20. The lowest BCUT2D eigenvalue weighted by atomic mass is 9.80. The quantitative estimate of drug-likeness (QED) is 0.256. The third kappa shape index (κ3) is 3.74. The molecule has 1 saturated heterocycles. The third-order valence-electron chi connectivity index (χ3n) is 7.86. The van der Waals surface area contributed by atoms with Gasteiger partial charge in [-0.2, -0.15) is 5.10 Å². The highest BCUT2D eigenvalue weighted by atomic mass is 16.7. The van der Waals surface area contributed by atoms with Crippen molar-refractivity contribution in [2.24, 2.45) is 0 Å². The van der Waals surface area contributed by atoms with Crippen molar-refractivity contribution in [1.29, 1.82) is 0 Å². The average Bonchev–Trinajstić information content (AvgIpc) is 3.31. The third-order valence-corrected chi connectivity index (χ3v) is 7.86. The Labute approximate surface area is 213 Å². The molecule has 0 radical (unpaired) electrons. The lowest BCUT2D eigenvalue weighted by Crippen LogP contribution is -2.41. The van der Waals surface area contributed by atoms with E-state index in [0.29, 0.717) is 0 Å². The molecule has 3 aromatic carbocycles. The van der Waals surface area contributed by atoms with E-state index in [1.807, 2.05) is 6.07 Å². The van der Waals surface area contributed by atoms with Crippen LogP contribution in [0, 0.1) is 6.92 Å². The highest BCUT2D eigenvalue weighted by Crippen LogP contribution is 2.38. The van der Waals surface area contributed by atoms with Crippen molar-refractivity contribution in [1.82, 2.24) is 9.61 Å². The van der Waals surface area contributed by atoms with Crippen LogP contribution in [0.4, 0.5) is 0 Å². The molecule has 0 saturated carbocycles. The second kappa shape index (κ2) is 8.33. The second-order valence-electron chi connectivity index (χ2n) is 10.8. The van der Waals surface area contributed by atoms with Crippen LogP contribution in [0.1, 0.15) is 38.8 Å². The van der Waals surface area contributed by atoms with Gasteiger partial charge in [-0.05, 0) is 51.6 Å². The first-order chi connectivity index (χ1) is 17.2. The molecule has 0 bridgehead atoms. The molecule has 36 heavy (non-hydrogen) atoms. The molecule has 1 fully saturated rings. The Balaban J connectivity index is 1.40. The van der Waals surface area contributed by atoms with Crippen LogP contribution in [0.3, 0.4) is 0 Å². The van der Waals surface area contributed by atoms with Crippen LogP contribution in [-0.2, 0) is 15.6 Å². The van der Waals surface area contributed by atoms with E-state index < -0.39 is 0 Å². The number of hydrogen-bond donors (Lipinski definition) is 0. The second-order valence-corrected chi connectivity index (χ2v) is 10.8. The van der Waals surface area contributed by atoms with Gasteiger partial charge in [0.25, 0.3) is 0 Å². The largest absolute Gasteiger partial charge is 0.462 e. The number of nitrogens with zero attached hydrogens (tertiary/aromatic N) is 2. The number of aryl methyl sites for hydroxylation is 1. The van der Waals surface area contributed by atoms with Gasteiger partial charge >= 0.3 is 7.12 Å². The van der Waals surface area contributed by atoms with Crippen molar-refractivity contribution in [3.63, 3.8) is 0 Å². The van der Waals surface area contributed by atoms with Crippen molar-refractivity contribution in [3.05, 3.63) is 96.1 Å². The van der Waals surface area contributed by atoms with Crippen molar-refractivity contribution in [2.45, 2.75) is 52.1 Å². The number of hydrogen-bond acceptors (Lipinski definition) is 3. The molecular formula is C31H31BN2O2. The zero-order valence-corrected chi connectivity index (χ0v) is 21.6. The van der Waals surface area contributed by atoms with E-state index in [0.717, 1.165) is 34.4 Å². The smallest absolute Gasteiger partial charge is 0.403 e. The number of pyridine rings is 1. The SMILES string of the molecule is Cc1c(-c2ccc(CB3OC(C)(C)C(C)(C)O3)cc2)nn2c(-c3ccccc3)cc3ccccc3c12. The molecule has 0 atom stereocenters. The lowest BCUT2D eigenvalue weighted by Gasteiger charge is -2.32. The molecule has 5 heteroatoms. The highest BCUT2D eigenvalue weighted by molar-refractivity contribution is 6.45. The van der Waals surface area contributed by atoms with Crippen LogP contribution >= 0.6 is 0 Å². The lowest BCUT2D eigenvalue weighted by molar-refractivity contribution is 0.00578. The van der Waals surface area contributed by atoms with E-state index in [9.17, 15) is 0 Å². The van der Waals surface area contributed by atoms with Crippen LogP contribution in [0.5, 0.6) is 0 Å². The van der Waals surface area contributed by atoms with Crippen LogP contribution in [0.25, 0.3) is 38.8 Å². The van der Waals surface area contributed by atoms with E-state index in [4.69, 9.17) is 14.4 Å². The highest BCUT2D eigenvalue weighted by Gasteiger charge is 2.50. The van der Waals surface area contributed by atoms with E-state index in [1.54, 1.807) is 0 Å². The van der Waals surface area contributed by atoms with Crippen molar-refractivity contribution >= 4 is 23.4 Å². The van der Waals surface area contributed by atoms with Gasteiger partial charge in [-0.1, -0.05) is 78.9 Å². The Morgan fingerprint density at radius 1 is 0.778 bits per heavy atom. The van der Waals surface area contributed by atoms with E-state index in [1.165, 1.54) is 21.9 Å². The summed E-state index contributed by atoms with van der Waals surface area (Å²) in [6, 6.07) is 30.0. The van der Waals surface area contributed by atoms with Gasteiger partial charge in [0, 0.05) is 28.4 Å². The molecule has 0 aliphatic carbocycles. The standard InChI is InChI=1S/C31H31BN2O2/c1-21-28(24-17-15-22(16-18-24)20-32-35-30(2,3)31(4,5)36-32)33-34-27(23-11-7-6-8-12-23)19-25-13-9-10-14-26(25)29(21)34/h6-19H,20H2,1-5H3. The molecule has 5 aromatic rings. The Bertz CT molecular complexity index is 1550. The molecule has 0 spiro atoms. The molecule has 3 heterocycles. The molecule has 2 aromatic heterocycles. The fourth-order valence-electron chi connectivity index (χ4n) is 5.16. The summed E-state index contributed by atoms with van der Waals surface area (Å²) in [6.07, 6.45) is 0.722. The summed E-state index contributed by atoms with van der Waals surface area (Å²) in [4.78, 5) is 0. The van der Waals surface area contributed by atoms with Crippen LogP contribution < -0.4 is 0 Å². The molecule has 0 N–H and O–H groups in total. The molecule has 180 valence electrons. The van der Waals surface area contributed by atoms with Gasteiger partial charge in [0.05, 0.1) is 28.1 Å². The normalized spacial score (nSPS) is 16.8. The molecule has 0 unspecified atom stereocenters. The first-order valence-electron chi connectivity index (χ1n) is 12.6. The monoisotopic (exact) mass is 474 g/mol. The summed E-state index contributed by atoms with van der Waals surface area (Å²) >= 11 is 0. The Hall–Kier alpha value is -3.41. The summed E-state index contributed by atoms with van der Waals surface area (Å²) in [5.41, 5.74) is 7.26. The zero-order valence-electron chi connectivity index (χ0n) is 21.6. The summed E-state index contributed by atoms with van der Waals surface area (Å²) in [7, 11) is -0.238. The van der Waals surface area contributed by atoms with Gasteiger partial charge < -0.3 is 9.31 Å². The average molecular weight is 474 g/mol. The van der Waals surface area contributed by atoms with Crippen LogP contribution in [0.2, 0.25) is 0 Å². The van der Waals surface area contributed by atoms with Crippen molar-refractivity contribution in [3.8, 4) is 22.5 Å². The van der Waals surface area contributed by atoms with E-state index in [-0.39, 0.29) is 18.3 Å². The predicted molar refractivity (Wildman–Crippen MR) is 148 cm³/mol. The molecule has 1 aliphatic heterocycles. The topological polar surface area (TPSA) is 35.8 Å². The summed E-state index contributed by atoms with van der Waals surface area (Å²) in [6.45, 7) is 10.5. The minimum atomic E-state index is -0.315. The Morgan fingerprint density at radius 3 is 2.11 bits per heavy atom. The Morgan fingerprint density at radius 2 is 1.42 bits per heavy atom. The van der Waals surface area contributed by atoms with Crippen LogP contribution in [-0.4, -0.2) is 27.9 Å². The number of benzene rings is 3. The number of rotatable bonds is 4. The van der Waals surface area contributed by atoms with Gasteiger partial charge in [-0.25, -0.2) is 4.52 Å². The molecule has 1 aliphatic rings. The summed E-state index contributed by atoms with van der Waals surface area (Å²) < 4.78 is 14.5. The zero-order chi connectivity index (χ0) is 25.1. The summed E-state index contributed by atoms with van der Waals surface area (Å²) in [5.74, 6) is 0. The summed E-state index contributed by atoms with van der Waals surface area (Å²) in [5, 5.41) is 7.58. The first kappa shape index (κ1) is 23.0. The van der Waals surface area contributed by atoms with E-state index in [2.05, 4.69) is 118 Å². The fraction of sp³-hybridized carbons (Fsp3) is 0.258. The van der Waals surface area contributed by atoms with Crippen molar-refractivity contribution in [2.75, 3.05) is 0 Å². The maximum atomic E-state index is 6.20. The Kier molecular flexibility index (Phi) is 5.33. The number of aromatic nitrogens is 2. The number of fused-ring (bicyclic) bond motifs is 3. The van der Waals surface area contributed by atoms with Gasteiger partial charge in [-0.15, -0.1) is 0 Å². The predicted octanol–water partition coefficient (Wildman–Crippen LogP) is 7.30. The molecular weight excluding hydrogens is 443 g/mol. The van der Waals surface area contributed by atoms with Gasteiger partial charge in [-0.3, -0.25) is 0 Å². The van der Waals surface area contributed by atoms with Crippen LogP contribution in [0.15, 0.2) is 84.9 Å². The van der Waals surface area contributed by atoms with E-state index >= 15 is 0 Å². The minimum Gasteiger partial charge on any atom is -0.403 e. The minimum absolute atomic E-state index is 0.238. The maximum Gasteiger partial charge on any atom is 0.462 e.